The fourth-order valence-corrected chi connectivity index (χ4v) is 2.02. The summed E-state index contributed by atoms with van der Waals surface area (Å²) < 4.78 is 0. The average molecular weight is 311 g/mol. The molecule has 0 saturated carbocycles. The Bertz CT molecular complexity index is 801. The van der Waals surface area contributed by atoms with Crippen molar-refractivity contribution in [2.75, 3.05) is 10.6 Å². The number of hydrogen-bond acceptors (Lipinski definition) is 5. The molecule has 0 radical (unpaired) electrons. The molecule has 2 aromatic carbocycles. The molecule has 0 aromatic heterocycles. The lowest BCUT2D eigenvalue weighted by atomic mass is 9.87. The van der Waals surface area contributed by atoms with Crippen molar-refractivity contribution in [2.24, 2.45) is 5.41 Å². The van der Waals surface area contributed by atoms with Gasteiger partial charge in [-0.3, -0.25) is 9.59 Å². The Balaban J connectivity index is 2.18. The quantitative estimate of drug-likeness (QED) is 0.830. The van der Waals surface area contributed by atoms with E-state index in [2.05, 4.69) is 37.5 Å². The summed E-state index contributed by atoms with van der Waals surface area (Å²) in [6.07, 6.45) is 0.344. The van der Waals surface area contributed by atoms with Gasteiger partial charge in [-0.05, 0) is 30.0 Å². The Hall–Kier alpha value is -2.61. The lowest BCUT2D eigenvalue weighted by Gasteiger charge is -2.30. The third kappa shape index (κ3) is 3.59. The Morgan fingerprint density at radius 3 is 2.17 bits per heavy atom. The highest BCUT2D eigenvalue weighted by molar-refractivity contribution is 5.79. The van der Waals surface area contributed by atoms with E-state index in [4.69, 9.17) is 5.26 Å². The molecule has 0 aliphatic rings. The average Bonchev–Trinajstić information content (AvgIpc) is 2.51. The van der Waals surface area contributed by atoms with Crippen LogP contribution in [0.5, 0.6) is 0 Å². The zero-order valence-electron chi connectivity index (χ0n) is 13.9. The fourth-order valence-electron chi connectivity index (χ4n) is 2.02. The summed E-state index contributed by atoms with van der Waals surface area (Å²) in [7, 11) is 0. The molecule has 120 valence electrons. The van der Waals surface area contributed by atoms with Crippen molar-refractivity contribution < 1.29 is 0 Å². The standard InChI is InChI=1S/C18H21N3O2/c1-11(18(2,3)4)20-14-15(17(23)16(14)22)21-13-7-5-12(6-8-13)9-10-19/h5-8,11,20-21H,9H2,1-4H3. The van der Waals surface area contributed by atoms with Crippen molar-refractivity contribution in [2.45, 2.75) is 40.2 Å². The molecule has 2 N–H and O–H groups in total. The Morgan fingerprint density at radius 2 is 1.65 bits per heavy atom. The molecule has 2 rings (SSSR count). The van der Waals surface area contributed by atoms with Gasteiger partial charge in [-0.1, -0.05) is 32.9 Å². The van der Waals surface area contributed by atoms with Crippen LogP contribution in [-0.2, 0) is 6.42 Å². The second kappa shape index (κ2) is 6.25. The lowest BCUT2D eigenvalue weighted by Crippen LogP contribution is -2.41. The number of nitriles is 1. The van der Waals surface area contributed by atoms with Gasteiger partial charge in [0.2, 0.25) is 0 Å². The highest BCUT2D eigenvalue weighted by atomic mass is 16.2. The van der Waals surface area contributed by atoms with E-state index in [9.17, 15) is 9.59 Å². The molecule has 23 heavy (non-hydrogen) atoms. The first kappa shape index (κ1) is 16.8. The van der Waals surface area contributed by atoms with E-state index in [0.717, 1.165) is 5.56 Å². The predicted molar refractivity (Wildman–Crippen MR) is 92.9 cm³/mol. The summed E-state index contributed by atoms with van der Waals surface area (Å²) in [5.74, 6) is 0. The Labute approximate surface area is 135 Å². The first-order valence-electron chi connectivity index (χ1n) is 7.57. The largest absolute Gasteiger partial charge is 0.377 e. The van der Waals surface area contributed by atoms with Crippen LogP contribution in [0.4, 0.5) is 17.1 Å². The molecule has 0 amide bonds. The van der Waals surface area contributed by atoms with Crippen LogP contribution < -0.4 is 21.5 Å². The van der Waals surface area contributed by atoms with Crippen LogP contribution in [0, 0.1) is 16.7 Å². The number of nitrogens with one attached hydrogen (secondary N) is 2. The van der Waals surface area contributed by atoms with Crippen LogP contribution >= 0.6 is 0 Å². The monoisotopic (exact) mass is 311 g/mol. The Morgan fingerprint density at radius 1 is 1.09 bits per heavy atom. The van der Waals surface area contributed by atoms with E-state index in [-0.39, 0.29) is 11.5 Å². The lowest BCUT2D eigenvalue weighted by molar-refractivity contribution is 0.359. The number of rotatable bonds is 5. The molecule has 0 aliphatic heterocycles. The summed E-state index contributed by atoms with van der Waals surface area (Å²) in [4.78, 5) is 23.6. The second-order valence-corrected chi connectivity index (χ2v) is 6.80. The number of nitrogens with zero attached hydrogens (tertiary/aromatic N) is 1. The van der Waals surface area contributed by atoms with E-state index in [1.54, 1.807) is 12.1 Å². The maximum atomic E-state index is 11.8. The predicted octanol–water partition coefficient (Wildman–Crippen LogP) is 2.94. The number of benzene rings is 1. The van der Waals surface area contributed by atoms with Gasteiger partial charge >= 0.3 is 0 Å². The molecule has 0 aliphatic carbocycles. The van der Waals surface area contributed by atoms with Crippen molar-refractivity contribution in [1.82, 2.24) is 0 Å². The summed E-state index contributed by atoms with van der Waals surface area (Å²) in [6, 6.07) is 9.36. The van der Waals surface area contributed by atoms with E-state index in [1.165, 1.54) is 0 Å². The van der Waals surface area contributed by atoms with Gasteiger partial charge in [-0.15, -0.1) is 0 Å². The zero-order chi connectivity index (χ0) is 17.2. The molecule has 0 saturated heterocycles. The van der Waals surface area contributed by atoms with Gasteiger partial charge in [0.25, 0.3) is 10.9 Å². The van der Waals surface area contributed by atoms with Gasteiger partial charge in [-0.2, -0.15) is 5.26 Å². The smallest absolute Gasteiger partial charge is 0.253 e. The van der Waals surface area contributed by atoms with Crippen LogP contribution in [0.1, 0.15) is 33.3 Å². The van der Waals surface area contributed by atoms with Gasteiger partial charge in [-0.25, -0.2) is 0 Å². The van der Waals surface area contributed by atoms with Crippen molar-refractivity contribution >= 4 is 17.1 Å². The van der Waals surface area contributed by atoms with Crippen LogP contribution in [0.15, 0.2) is 33.9 Å². The van der Waals surface area contributed by atoms with Crippen LogP contribution in [0.2, 0.25) is 0 Å². The molecule has 0 spiro atoms. The number of anilines is 3. The van der Waals surface area contributed by atoms with Crippen molar-refractivity contribution in [3.05, 3.63) is 50.3 Å². The molecular weight excluding hydrogens is 290 g/mol. The van der Waals surface area contributed by atoms with E-state index in [0.29, 0.717) is 23.5 Å². The molecule has 1 unspecified atom stereocenters. The maximum absolute atomic E-state index is 11.8. The third-order valence-electron chi connectivity index (χ3n) is 4.08. The van der Waals surface area contributed by atoms with E-state index < -0.39 is 10.9 Å². The van der Waals surface area contributed by atoms with Gasteiger partial charge in [0.05, 0.1) is 12.5 Å². The minimum absolute atomic E-state index is 0.0318. The summed E-state index contributed by atoms with van der Waals surface area (Å²) in [5, 5.41) is 14.8. The minimum atomic E-state index is -0.505. The third-order valence-corrected chi connectivity index (χ3v) is 4.08. The van der Waals surface area contributed by atoms with Crippen LogP contribution in [0.25, 0.3) is 0 Å². The molecular formula is C18H21N3O2. The van der Waals surface area contributed by atoms with Gasteiger partial charge in [0.15, 0.2) is 0 Å². The first-order valence-corrected chi connectivity index (χ1v) is 7.57. The van der Waals surface area contributed by atoms with Crippen molar-refractivity contribution in [3.8, 4) is 6.07 Å². The fraction of sp³-hybridized carbons (Fsp3) is 0.389. The zero-order valence-corrected chi connectivity index (χ0v) is 13.9. The summed E-state index contributed by atoms with van der Waals surface area (Å²) >= 11 is 0. The summed E-state index contributed by atoms with van der Waals surface area (Å²) in [5.41, 5.74) is 1.25. The van der Waals surface area contributed by atoms with E-state index in [1.807, 2.05) is 19.1 Å². The highest BCUT2D eigenvalue weighted by Crippen LogP contribution is 2.26. The minimum Gasteiger partial charge on any atom is -0.377 e. The molecule has 5 heteroatoms. The van der Waals surface area contributed by atoms with Crippen LogP contribution in [-0.4, -0.2) is 6.04 Å². The van der Waals surface area contributed by atoms with Gasteiger partial charge in [0.1, 0.15) is 11.4 Å². The Kier molecular flexibility index (Phi) is 4.55. The molecule has 1 atom stereocenters. The molecule has 0 heterocycles. The van der Waals surface area contributed by atoms with Gasteiger partial charge in [0, 0.05) is 11.7 Å². The molecule has 0 bridgehead atoms. The molecule has 2 aromatic rings. The van der Waals surface area contributed by atoms with Crippen molar-refractivity contribution in [3.63, 3.8) is 0 Å². The van der Waals surface area contributed by atoms with Crippen molar-refractivity contribution in [1.29, 1.82) is 5.26 Å². The van der Waals surface area contributed by atoms with E-state index >= 15 is 0 Å². The van der Waals surface area contributed by atoms with Gasteiger partial charge < -0.3 is 10.6 Å². The topological polar surface area (TPSA) is 82.0 Å². The van der Waals surface area contributed by atoms with Crippen LogP contribution in [0.3, 0.4) is 0 Å². The first-order chi connectivity index (χ1) is 10.7. The molecule has 0 fully saturated rings. The summed E-state index contributed by atoms with van der Waals surface area (Å²) in [6.45, 7) is 8.18. The normalized spacial score (nSPS) is 12.7. The number of hydrogen-bond donors (Lipinski definition) is 2. The molecule has 5 nitrogen and oxygen atoms in total. The maximum Gasteiger partial charge on any atom is 0.253 e. The SMILES string of the molecule is CC(Nc1c(Nc2ccc(CC#N)cc2)c(=O)c1=O)C(C)(C)C. The highest BCUT2D eigenvalue weighted by Gasteiger charge is 2.26. The second-order valence-electron chi connectivity index (χ2n) is 6.80.